The van der Waals surface area contributed by atoms with E-state index in [9.17, 15) is 9.59 Å². The van der Waals surface area contributed by atoms with Gasteiger partial charge in [0.15, 0.2) is 5.82 Å². The van der Waals surface area contributed by atoms with Gasteiger partial charge in [-0.2, -0.15) is 5.10 Å². The summed E-state index contributed by atoms with van der Waals surface area (Å²) in [6, 6.07) is 13.2. The molecule has 2 amide bonds. The highest BCUT2D eigenvalue weighted by molar-refractivity contribution is 6.01. The highest BCUT2D eigenvalue weighted by atomic mass is 16.5. The normalized spacial score (nSPS) is 11.0. The molecule has 0 fully saturated rings. The number of carbonyl (C=O) groups is 2. The van der Waals surface area contributed by atoms with E-state index >= 15 is 0 Å². The summed E-state index contributed by atoms with van der Waals surface area (Å²) in [7, 11) is 0. The van der Waals surface area contributed by atoms with Crippen LogP contribution in [0.1, 0.15) is 36.5 Å². The third-order valence-corrected chi connectivity index (χ3v) is 5.08. The minimum absolute atomic E-state index is 0.186. The summed E-state index contributed by atoms with van der Waals surface area (Å²) in [4.78, 5) is 32.0. The van der Waals surface area contributed by atoms with Crippen LogP contribution in [-0.4, -0.2) is 51.9 Å². The number of fused-ring (bicyclic) bond motifs is 2. The monoisotopic (exact) mass is 434 g/mol. The number of unbranched alkanes of at least 4 members (excludes halogenated alkanes) is 1. The molecule has 0 bridgehead atoms. The highest BCUT2D eigenvalue weighted by Crippen LogP contribution is 2.27. The van der Waals surface area contributed by atoms with E-state index in [0.717, 1.165) is 34.8 Å². The summed E-state index contributed by atoms with van der Waals surface area (Å²) in [6.07, 6.45) is 2.01. The molecule has 9 nitrogen and oxygen atoms in total. The molecule has 0 aliphatic heterocycles. The van der Waals surface area contributed by atoms with Gasteiger partial charge in [0.1, 0.15) is 5.69 Å². The molecule has 0 radical (unpaired) electrons. The van der Waals surface area contributed by atoms with Crippen LogP contribution >= 0.6 is 0 Å². The fourth-order valence-electron chi connectivity index (χ4n) is 3.34. The van der Waals surface area contributed by atoms with Crippen molar-refractivity contribution in [3.05, 3.63) is 48.0 Å². The van der Waals surface area contributed by atoms with Crippen molar-refractivity contribution in [3.8, 4) is 11.5 Å². The molecule has 2 aromatic carbocycles. The molecule has 0 unspecified atom stereocenters. The first-order valence-electron chi connectivity index (χ1n) is 10.8. The van der Waals surface area contributed by atoms with Gasteiger partial charge in [-0.05, 0) is 43.2 Å². The van der Waals surface area contributed by atoms with Crippen LogP contribution in [0, 0.1) is 0 Å². The Bertz CT molecular complexity index is 1200. The van der Waals surface area contributed by atoms with Gasteiger partial charge >= 0.3 is 6.09 Å². The van der Waals surface area contributed by atoms with Crippen molar-refractivity contribution in [3.63, 3.8) is 0 Å². The number of nitrogens with one attached hydrogen (secondary N) is 4. The predicted octanol–water partition coefficient (Wildman–Crippen LogP) is 3.75. The molecule has 4 aromatic rings. The number of benzene rings is 2. The van der Waals surface area contributed by atoms with E-state index in [1.807, 2.05) is 37.3 Å². The number of para-hydroxylation sites is 2. The minimum Gasteiger partial charge on any atom is -0.450 e. The van der Waals surface area contributed by atoms with Gasteiger partial charge in [0, 0.05) is 24.0 Å². The summed E-state index contributed by atoms with van der Waals surface area (Å²) < 4.78 is 5.03. The van der Waals surface area contributed by atoms with Gasteiger partial charge in [-0.25, -0.2) is 9.78 Å². The third kappa shape index (κ3) is 4.88. The molecular formula is C23H26N6O3. The number of hydrogen-bond acceptors (Lipinski definition) is 5. The zero-order valence-electron chi connectivity index (χ0n) is 17.9. The second kappa shape index (κ2) is 9.95. The van der Waals surface area contributed by atoms with Crippen LogP contribution in [0.15, 0.2) is 42.5 Å². The zero-order valence-corrected chi connectivity index (χ0v) is 17.9. The van der Waals surface area contributed by atoms with Crippen molar-refractivity contribution in [2.24, 2.45) is 0 Å². The Morgan fingerprint density at radius 3 is 2.72 bits per heavy atom. The first-order chi connectivity index (χ1) is 15.7. The molecule has 2 aromatic heterocycles. The number of ether oxygens (including phenoxy) is 1. The first kappa shape index (κ1) is 21.4. The van der Waals surface area contributed by atoms with Gasteiger partial charge in [-0.1, -0.05) is 25.5 Å². The molecule has 4 rings (SSSR count). The smallest absolute Gasteiger partial charge is 0.407 e. The molecule has 32 heavy (non-hydrogen) atoms. The molecule has 0 spiro atoms. The number of nitrogens with zero attached hydrogens (tertiary/aromatic N) is 2. The van der Waals surface area contributed by atoms with Crippen molar-refractivity contribution in [1.82, 2.24) is 30.8 Å². The summed E-state index contributed by atoms with van der Waals surface area (Å²) in [6.45, 7) is 3.33. The van der Waals surface area contributed by atoms with Crippen LogP contribution in [0.4, 0.5) is 4.79 Å². The average molecular weight is 435 g/mol. The van der Waals surface area contributed by atoms with Crippen LogP contribution in [0.25, 0.3) is 33.5 Å². The van der Waals surface area contributed by atoms with Crippen LogP contribution in [0.2, 0.25) is 0 Å². The lowest BCUT2D eigenvalue weighted by Gasteiger charge is -2.08. The minimum atomic E-state index is -0.423. The van der Waals surface area contributed by atoms with E-state index in [1.54, 1.807) is 12.1 Å². The molecule has 166 valence electrons. The second-order valence-electron chi connectivity index (χ2n) is 7.46. The maximum absolute atomic E-state index is 12.6. The molecule has 0 aliphatic rings. The molecule has 0 atom stereocenters. The van der Waals surface area contributed by atoms with E-state index in [0.29, 0.717) is 43.2 Å². The van der Waals surface area contributed by atoms with Crippen molar-refractivity contribution >= 4 is 33.9 Å². The van der Waals surface area contributed by atoms with E-state index in [2.05, 4.69) is 30.8 Å². The fourth-order valence-corrected chi connectivity index (χ4v) is 3.34. The molecule has 0 saturated heterocycles. The first-order valence-corrected chi connectivity index (χ1v) is 10.8. The Morgan fingerprint density at radius 1 is 1.03 bits per heavy atom. The molecule has 2 heterocycles. The topological polar surface area (TPSA) is 125 Å². The Morgan fingerprint density at radius 2 is 1.88 bits per heavy atom. The van der Waals surface area contributed by atoms with Gasteiger partial charge in [-0.15, -0.1) is 0 Å². The largest absolute Gasteiger partial charge is 0.450 e. The summed E-state index contributed by atoms with van der Waals surface area (Å²) in [5.41, 5.74) is 3.80. The van der Waals surface area contributed by atoms with Crippen molar-refractivity contribution in [1.29, 1.82) is 0 Å². The standard InChI is InChI=1S/C23H26N6O3/c1-2-3-13-32-23(31)25-12-6-11-24-22(30)15-9-10-17-16(14-15)20(29-28-17)21-26-18-7-4-5-8-19(18)27-21/h4-5,7-10,14H,2-3,6,11-13H2,1H3,(H,24,30)(H,25,31)(H,26,27)(H,28,29). The van der Waals surface area contributed by atoms with E-state index in [-0.39, 0.29) is 5.91 Å². The number of H-pyrrole nitrogens is 2. The summed E-state index contributed by atoms with van der Waals surface area (Å²) >= 11 is 0. The van der Waals surface area contributed by atoms with E-state index in [1.165, 1.54) is 0 Å². The average Bonchev–Trinajstić information content (AvgIpc) is 3.42. The summed E-state index contributed by atoms with van der Waals surface area (Å²) in [5, 5.41) is 13.7. The Hall–Kier alpha value is -3.88. The predicted molar refractivity (Wildman–Crippen MR) is 122 cm³/mol. The molecular weight excluding hydrogens is 408 g/mol. The maximum atomic E-state index is 12.6. The highest BCUT2D eigenvalue weighted by Gasteiger charge is 2.15. The molecule has 4 N–H and O–H groups in total. The van der Waals surface area contributed by atoms with E-state index < -0.39 is 6.09 Å². The van der Waals surface area contributed by atoms with Gasteiger partial charge in [0.2, 0.25) is 0 Å². The van der Waals surface area contributed by atoms with Gasteiger partial charge in [0.25, 0.3) is 5.91 Å². The Kier molecular flexibility index (Phi) is 6.64. The quantitative estimate of drug-likeness (QED) is 0.299. The van der Waals surface area contributed by atoms with Gasteiger partial charge in [0.05, 0.1) is 23.2 Å². The lowest BCUT2D eigenvalue weighted by Crippen LogP contribution is -2.30. The number of carbonyl (C=O) groups excluding carboxylic acids is 2. The van der Waals surface area contributed by atoms with Gasteiger partial charge in [-0.3, -0.25) is 9.89 Å². The van der Waals surface area contributed by atoms with Crippen molar-refractivity contribution < 1.29 is 14.3 Å². The van der Waals surface area contributed by atoms with Crippen molar-refractivity contribution in [2.45, 2.75) is 26.2 Å². The lowest BCUT2D eigenvalue weighted by molar-refractivity contribution is 0.0953. The Balaban J connectivity index is 1.36. The number of hydrogen-bond donors (Lipinski definition) is 4. The van der Waals surface area contributed by atoms with Crippen LogP contribution in [0.5, 0.6) is 0 Å². The summed E-state index contributed by atoms with van der Waals surface area (Å²) in [5.74, 6) is 0.459. The number of alkyl carbamates (subject to hydrolysis) is 1. The number of imidazole rings is 1. The number of aromatic amines is 2. The molecule has 0 saturated carbocycles. The number of rotatable bonds is 9. The Labute approximate surface area is 184 Å². The fraction of sp³-hybridized carbons (Fsp3) is 0.304. The van der Waals surface area contributed by atoms with E-state index in [4.69, 9.17) is 4.74 Å². The number of amides is 2. The lowest BCUT2D eigenvalue weighted by atomic mass is 10.1. The van der Waals surface area contributed by atoms with Crippen LogP contribution < -0.4 is 10.6 Å². The van der Waals surface area contributed by atoms with Crippen LogP contribution in [-0.2, 0) is 4.74 Å². The van der Waals surface area contributed by atoms with Crippen molar-refractivity contribution in [2.75, 3.05) is 19.7 Å². The molecule has 9 heteroatoms. The second-order valence-corrected chi connectivity index (χ2v) is 7.46. The SMILES string of the molecule is CCCCOC(=O)NCCCNC(=O)c1ccc2[nH]nc(-c3nc4ccccc4[nH]3)c2c1. The zero-order chi connectivity index (χ0) is 22.3. The number of aromatic nitrogens is 4. The van der Waals surface area contributed by atoms with Gasteiger partial charge < -0.3 is 20.4 Å². The maximum Gasteiger partial charge on any atom is 0.407 e. The molecule has 0 aliphatic carbocycles. The van der Waals surface area contributed by atoms with Crippen LogP contribution in [0.3, 0.4) is 0 Å². The third-order valence-electron chi connectivity index (χ3n) is 5.08.